The number of nitrogens with one attached hydrogen (secondary N) is 3. The fourth-order valence-electron chi connectivity index (χ4n) is 4.85. The van der Waals surface area contributed by atoms with E-state index in [1.165, 1.54) is 5.56 Å². The maximum absolute atomic E-state index is 13.1. The van der Waals surface area contributed by atoms with Gasteiger partial charge in [0.1, 0.15) is 5.56 Å². The van der Waals surface area contributed by atoms with Crippen LogP contribution in [0.4, 0.5) is 0 Å². The van der Waals surface area contributed by atoms with E-state index in [2.05, 4.69) is 21.4 Å². The van der Waals surface area contributed by atoms with E-state index < -0.39 is 11.6 Å². The molecule has 158 valence electrons. The normalized spacial score (nSPS) is 15.8. The van der Waals surface area contributed by atoms with E-state index in [-0.39, 0.29) is 16.2 Å². The van der Waals surface area contributed by atoms with E-state index in [0.29, 0.717) is 6.54 Å². The Morgan fingerprint density at radius 3 is 2.56 bits per heavy atom. The molecule has 0 bridgehead atoms. The Hall–Kier alpha value is -3.68. The Kier molecular flexibility index (Phi) is 4.28. The Morgan fingerprint density at radius 2 is 1.69 bits per heavy atom. The monoisotopic (exact) mass is 440 g/mol. The van der Waals surface area contributed by atoms with Gasteiger partial charge in [0.2, 0.25) is 5.88 Å². The largest absolute Gasteiger partial charge is 0.494 e. The van der Waals surface area contributed by atoms with Crippen LogP contribution in [0.15, 0.2) is 71.5 Å². The number of rotatable bonds is 2. The number of H-pyrrole nitrogens is 2. The Labute approximate surface area is 188 Å². The van der Waals surface area contributed by atoms with Crippen LogP contribution in [-0.2, 0) is 6.42 Å². The summed E-state index contributed by atoms with van der Waals surface area (Å²) in [5.41, 5.74) is 3.66. The van der Waals surface area contributed by atoms with Crippen molar-refractivity contribution in [1.29, 1.82) is 0 Å². The smallest absolute Gasteiger partial charge is 0.260 e. The van der Waals surface area contributed by atoms with Crippen LogP contribution in [-0.4, -0.2) is 26.2 Å². The highest BCUT2D eigenvalue weighted by molar-refractivity contribution is 7.71. The molecule has 6 rings (SSSR count). The lowest BCUT2D eigenvalue weighted by molar-refractivity contribution is 0.412. The summed E-state index contributed by atoms with van der Waals surface area (Å²) >= 11 is 5.48. The summed E-state index contributed by atoms with van der Waals surface area (Å²) in [4.78, 5) is 19.3. The van der Waals surface area contributed by atoms with Crippen LogP contribution in [0.3, 0.4) is 0 Å². The lowest BCUT2D eigenvalue weighted by Gasteiger charge is -2.26. The summed E-state index contributed by atoms with van der Waals surface area (Å²) in [5, 5.41) is 17.9. The number of aromatic hydroxyl groups is 1. The van der Waals surface area contributed by atoms with Crippen molar-refractivity contribution >= 4 is 33.9 Å². The van der Waals surface area contributed by atoms with Gasteiger partial charge in [-0.15, -0.1) is 0 Å². The maximum Gasteiger partial charge on any atom is 0.260 e. The molecule has 3 aromatic carbocycles. The highest BCUT2D eigenvalue weighted by atomic mass is 32.1. The third kappa shape index (κ3) is 2.75. The number of aromatic nitrogens is 3. The van der Waals surface area contributed by atoms with Crippen LogP contribution >= 0.6 is 12.2 Å². The molecule has 0 spiro atoms. The molecule has 0 saturated heterocycles. The Morgan fingerprint density at radius 1 is 0.938 bits per heavy atom. The van der Waals surface area contributed by atoms with Gasteiger partial charge in [0.15, 0.2) is 4.77 Å². The van der Waals surface area contributed by atoms with Crippen molar-refractivity contribution in [3.8, 4) is 11.6 Å². The molecule has 0 aliphatic carbocycles. The molecule has 0 saturated carbocycles. The van der Waals surface area contributed by atoms with E-state index >= 15 is 0 Å². The summed E-state index contributed by atoms with van der Waals surface area (Å²) in [6.07, 6.45) is 0.844. The maximum atomic E-state index is 13.1. The van der Waals surface area contributed by atoms with E-state index in [0.717, 1.165) is 39.5 Å². The van der Waals surface area contributed by atoms with Crippen molar-refractivity contribution < 1.29 is 5.11 Å². The minimum Gasteiger partial charge on any atom is -0.494 e. The molecule has 0 fully saturated rings. The summed E-state index contributed by atoms with van der Waals surface area (Å²) in [6, 6.07) is 21.3. The van der Waals surface area contributed by atoms with Crippen molar-refractivity contribution in [2.45, 2.75) is 12.5 Å². The molecule has 1 aliphatic heterocycles. The van der Waals surface area contributed by atoms with Crippen molar-refractivity contribution in [1.82, 2.24) is 19.9 Å². The second-order valence-electron chi connectivity index (χ2n) is 8.03. The quantitative estimate of drug-likeness (QED) is 0.305. The molecule has 1 unspecified atom stereocenters. The van der Waals surface area contributed by atoms with Gasteiger partial charge in [0, 0.05) is 28.5 Å². The number of hydrogen-bond acceptors (Lipinski definition) is 4. The Bertz CT molecular complexity index is 1620. The van der Waals surface area contributed by atoms with Gasteiger partial charge < -0.3 is 15.4 Å². The summed E-state index contributed by atoms with van der Waals surface area (Å²) in [5.74, 6) is -0.154. The van der Waals surface area contributed by atoms with E-state index in [1.54, 1.807) is 4.57 Å². The lowest BCUT2D eigenvalue weighted by atomic mass is 9.95. The predicted molar refractivity (Wildman–Crippen MR) is 128 cm³/mol. The first kappa shape index (κ1) is 19.0. The highest BCUT2D eigenvalue weighted by Crippen LogP contribution is 2.36. The zero-order valence-electron chi connectivity index (χ0n) is 17.1. The van der Waals surface area contributed by atoms with E-state index in [9.17, 15) is 9.90 Å². The van der Waals surface area contributed by atoms with Crippen LogP contribution in [0.2, 0.25) is 0 Å². The second-order valence-corrected chi connectivity index (χ2v) is 8.42. The molecule has 6 nitrogen and oxygen atoms in total. The van der Waals surface area contributed by atoms with Crippen molar-refractivity contribution in [2.24, 2.45) is 0 Å². The molecular weight excluding hydrogens is 420 g/mol. The average Bonchev–Trinajstić information content (AvgIpc) is 3.19. The average molecular weight is 441 g/mol. The number of benzene rings is 3. The van der Waals surface area contributed by atoms with Gasteiger partial charge >= 0.3 is 0 Å². The second kappa shape index (κ2) is 7.19. The third-order valence-electron chi connectivity index (χ3n) is 6.28. The molecule has 32 heavy (non-hydrogen) atoms. The molecule has 1 aliphatic rings. The van der Waals surface area contributed by atoms with Crippen molar-refractivity contribution in [3.05, 3.63) is 98.7 Å². The van der Waals surface area contributed by atoms with Gasteiger partial charge in [0.25, 0.3) is 5.56 Å². The van der Waals surface area contributed by atoms with Gasteiger partial charge in [-0.1, -0.05) is 54.6 Å². The minimum atomic E-state index is -0.480. The topological polar surface area (TPSA) is 85.8 Å². The Balaban J connectivity index is 1.62. The first-order valence-corrected chi connectivity index (χ1v) is 10.9. The lowest BCUT2D eigenvalue weighted by Crippen LogP contribution is -2.35. The van der Waals surface area contributed by atoms with Crippen LogP contribution < -0.4 is 10.9 Å². The van der Waals surface area contributed by atoms with Crippen molar-refractivity contribution in [2.75, 3.05) is 6.54 Å². The van der Waals surface area contributed by atoms with Crippen LogP contribution in [0.5, 0.6) is 5.88 Å². The molecule has 3 heterocycles. The summed E-state index contributed by atoms with van der Waals surface area (Å²) in [6.45, 7) is 0.697. The molecule has 5 aromatic rings. The molecule has 0 radical (unpaired) electrons. The number of para-hydroxylation sites is 1. The van der Waals surface area contributed by atoms with Crippen LogP contribution in [0, 0.1) is 4.77 Å². The van der Waals surface area contributed by atoms with E-state index in [4.69, 9.17) is 12.2 Å². The minimum absolute atomic E-state index is 0.153. The van der Waals surface area contributed by atoms with Crippen LogP contribution in [0.25, 0.3) is 27.4 Å². The first-order chi connectivity index (χ1) is 15.6. The molecule has 7 heteroatoms. The highest BCUT2D eigenvalue weighted by Gasteiger charge is 2.31. The zero-order chi connectivity index (χ0) is 21.8. The van der Waals surface area contributed by atoms with Gasteiger partial charge in [-0.2, -0.15) is 0 Å². The van der Waals surface area contributed by atoms with Gasteiger partial charge in [0.05, 0.1) is 11.7 Å². The molecule has 2 aromatic heterocycles. The summed E-state index contributed by atoms with van der Waals surface area (Å²) < 4.78 is 1.70. The first-order valence-electron chi connectivity index (χ1n) is 10.5. The summed E-state index contributed by atoms with van der Waals surface area (Å²) in [7, 11) is 0. The molecule has 1 atom stereocenters. The van der Waals surface area contributed by atoms with E-state index in [1.807, 2.05) is 60.7 Å². The predicted octanol–water partition coefficient (Wildman–Crippen LogP) is 4.47. The van der Waals surface area contributed by atoms with Gasteiger partial charge in [-0.25, -0.2) is 0 Å². The number of hydrogen-bond donors (Lipinski definition) is 4. The van der Waals surface area contributed by atoms with Gasteiger partial charge in [-0.3, -0.25) is 14.3 Å². The number of fused-ring (bicyclic) bond motifs is 4. The fraction of sp³-hybridized carbons (Fsp3) is 0.120. The zero-order valence-corrected chi connectivity index (χ0v) is 17.9. The standard InChI is InChI=1S/C25H20N4O2S/c30-23-20(22-21-17(12-13-26-22)16-9-3-4-10-18(16)27-21)24(31)29(25(32)28-23)19-11-5-7-14-6-1-2-8-15(14)19/h1-11,22,26-27,31H,12-13H2,(H,28,30,32). The molecular formula is C25H20N4O2S. The third-order valence-corrected chi connectivity index (χ3v) is 6.56. The number of nitrogens with zero attached hydrogens (tertiary/aromatic N) is 1. The SMILES string of the molecule is O=c1[nH]c(=S)n(-c2cccc3ccccc23)c(O)c1C1NCCc2c1[nH]c1ccccc21. The van der Waals surface area contributed by atoms with Crippen LogP contribution in [0.1, 0.15) is 22.9 Å². The number of aromatic amines is 2. The molecule has 4 N–H and O–H groups in total. The van der Waals surface area contributed by atoms with Gasteiger partial charge in [-0.05, 0) is 41.7 Å². The molecule has 0 amide bonds. The fourth-order valence-corrected chi connectivity index (χ4v) is 5.13. The van der Waals surface area contributed by atoms with Crippen molar-refractivity contribution in [3.63, 3.8) is 0 Å².